The second kappa shape index (κ2) is 6.15. The Balaban J connectivity index is 0.000000980. The van der Waals surface area contributed by atoms with Crippen LogP contribution in [0.3, 0.4) is 0 Å². The van der Waals surface area contributed by atoms with Crippen LogP contribution in [-0.4, -0.2) is 0 Å². The standard InChI is InChI=1S/C12H10I.H3P/c1-3-7-11(8-4-1)13-12-9-5-2-6-10-12;/h1-10H;1H3/q-1;. The summed E-state index contributed by atoms with van der Waals surface area (Å²) in [6.45, 7) is 0. The van der Waals surface area contributed by atoms with Crippen molar-refractivity contribution in [1.29, 1.82) is 0 Å². The fourth-order valence-corrected chi connectivity index (χ4v) is 3.35. The number of hydrogen-bond donors (Lipinski definition) is 0. The Kier molecular flexibility index (Phi) is 5.13. The molecule has 1 unspecified atom stereocenters. The van der Waals surface area contributed by atoms with Gasteiger partial charge < -0.3 is 0 Å². The van der Waals surface area contributed by atoms with Crippen LogP contribution in [-0.2, 0) is 0 Å². The molecule has 0 N–H and O–H groups in total. The van der Waals surface area contributed by atoms with E-state index in [1.54, 1.807) is 0 Å². The normalized spacial score (nSPS) is 9.43. The van der Waals surface area contributed by atoms with E-state index in [-0.39, 0.29) is 31.1 Å². The molecule has 0 nitrogen and oxygen atoms in total. The van der Waals surface area contributed by atoms with Gasteiger partial charge in [0.15, 0.2) is 0 Å². The molecule has 0 saturated carbocycles. The van der Waals surface area contributed by atoms with E-state index in [2.05, 4.69) is 60.7 Å². The molecule has 74 valence electrons. The first-order valence-electron chi connectivity index (χ1n) is 4.20. The van der Waals surface area contributed by atoms with Crippen molar-refractivity contribution < 1.29 is 21.2 Å². The minimum absolute atomic E-state index is 0. The van der Waals surface area contributed by atoms with Gasteiger partial charge in [-0.15, -0.1) is 0 Å². The summed E-state index contributed by atoms with van der Waals surface area (Å²) in [5.41, 5.74) is 0. The van der Waals surface area contributed by atoms with Gasteiger partial charge in [0.2, 0.25) is 0 Å². The van der Waals surface area contributed by atoms with Gasteiger partial charge in [-0.25, -0.2) is 0 Å². The molecule has 0 radical (unpaired) electrons. The van der Waals surface area contributed by atoms with Crippen LogP contribution in [0.15, 0.2) is 60.7 Å². The molecule has 0 aliphatic heterocycles. The molecule has 2 heteroatoms. The van der Waals surface area contributed by atoms with Crippen molar-refractivity contribution in [3.63, 3.8) is 0 Å². The van der Waals surface area contributed by atoms with Gasteiger partial charge in [-0.3, -0.25) is 0 Å². The van der Waals surface area contributed by atoms with Crippen LogP contribution in [0.1, 0.15) is 0 Å². The van der Waals surface area contributed by atoms with Gasteiger partial charge in [-0.1, -0.05) is 0 Å². The van der Waals surface area contributed by atoms with Crippen LogP contribution in [0.4, 0.5) is 0 Å². The predicted octanol–water partition coefficient (Wildman–Crippen LogP) is -0.127. The number of hydrogen-bond acceptors (Lipinski definition) is 0. The Morgan fingerprint density at radius 2 is 0.929 bits per heavy atom. The van der Waals surface area contributed by atoms with E-state index in [4.69, 9.17) is 0 Å². The molecule has 2 rings (SSSR count). The summed E-state index contributed by atoms with van der Waals surface area (Å²) in [4.78, 5) is 0. The van der Waals surface area contributed by atoms with Crippen molar-refractivity contribution in [3.8, 4) is 0 Å². The van der Waals surface area contributed by atoms with Crippen LogP contribution in [0.5, 0.6) is 0 Å². The number of benzene rings is 2. The van der Waals surface area contributed by atoms with Gasteiger partial charge in [-0.2, -0.15) is 9.90 Å². The molecule has 0 aliphatic rings. The summed E-state index contributed by atoms with van der Waals surface area (Å²) in [6, 6.07) is 21.4. The molecule has 0 bridgehead atoms. The summed E-state index contributed by atoms with van der Waals surface area (Å²) in [5.74, 6) is 0. The molecule has 14 heavy (non-hydrogen) atoms. The Morgan fingerprint density at radius 3 is 1.29 bits per heavy atom. The average molecular weight is 315 g/mol. The SMILES string of the molecule is P.c1ccc([I-]c2ccccc2)cc1. The second-order valence-corrected chi connectivity index (χ2v) is 5.72. The number of rotatable bonds is 2. The van der Waals surface area contributed by atoms with E-state index in [1.807, 2.05) is 0 Å². The van der Waals surface area contributed by atoms with Crippen LogP contribution >= 0.6 is 9.90 Å². The Labute approximate surface area is 98.6 Å². The van der Waals surface area contributed by atoms with E-state index in [0.29, 0.717) is 0 Å². The van der Waals surface area contributed by atoms with Crippen LogP contribution < -0.4 is 21.2 Å². The number of halogens is 1. The fourth-order valence-electron chi connectivity index (χ4n) is 1.08. The second-order valence-electron chi connectivity index (χ2n) is 2.69. The molecule has 2 aromatic carbocycles. The summed E-state index contributed by atoms with van der Waals surface area (Å²) in [7, 11) is 0. The Morgan fingerprint density at radius 1 is 0.571 bits per heavy atom. The molecular formula is C12H13IP-. The first-order valence-corrected chi connectivity index (χ1v) is 6.36. The molecule has 0 amide bonds. The van der Waals surface area contributed by atoms with Gasteiger partial charge in [0.1, 0.15) is 0 Å². The first kappa shape index (κ1) is 11.7. The fraction of sp³-hybridized carbons (Fsp3) is 0. The molecular weight excluding hydrogens is 302 g/mol. The zero-order valence-electron chi connectivity index (χ0n) is 7.86. The predicted molar refractivity (Wildman–Crippen MR) is 61.4 cm³/mol. The third-order valence-electron chi connectivity index (χ3n) is 1.68. The summed E-state index contributed by atoms with van der Waals surface area (Å²) in [5, 5.41) is 0. The molecule has 0 heterocycles. The maximum absolute atomic E-state index is 2.21. The van der Waals surface area contributed by atoms with Crippen LogP contribution in [0.25, 0.3) is 0 Å². The van der Waals surface area contributed by atoms with Crippen molar-refractivity contribution in [2.45, 2.75) is 0 Å². The summed E-state index contributed by atoms with van der Waals surface area (Å²) < 4.78 is 2.96. The van der Waals surface area contributed by atoms with Crippen molar-refractivity contribution in [3.05, 3.63) is 67.8 Å². The van der Waals surface area contributed by atoms with E-state index in [0.717, 1.165) is 0 Å². The zero-order valence-corrected chi connectivity index (χ0v) is 11.4. The molecule has 0 fully saturated rings. The van der Waals surface area contributed by atoms with E-state index >= 15 is 0 Å². The van der Waals surface area contributed by atoms with Crippen LogP contribution in [0.2, 0.25) is 0 Å². The van der Waals surface area contributed by atoms with Gasteiger partial charge in [-0.05, 0) is 0 Å². The molecule has 0 aliphatic carbocycles. The molecule has 0 saturated heterocycles. The zero-order chi connectivity index (χ0) is 8.93. The topological polar surface area (TPSA) is 0 Å². The van der Waals surface area contributed by atoms with Crippen molar-refractivity contribution >= 4 is 9.90 Å². The summed E-state index contributed by atoms with van der Waals surface area (Å²) in [6.07, 6.45) is 0. The summed E-state index contributed by atoms with van der Waals surface area (Å²) >= 11 is 0.0287. The first-order chi connectivity index (χ1) is 6.45. The van der Waals surface area contributed by atoms with E-state index in [9.17, 15) is 0 Å². The van der Waals surface area contributed by atoms with Gasteiger partial charge in [0, 0.05) is 0 Å². The van der Waals surface area contributed by atoms with E-state index < -0.39 is 0 Å². The molecule has 2 aromatic rings. The molecule has 0 spiro atoms. The molecule has 0 aromatic heterocycles. The minimum atomic E-state index is 0. The monoisotopic (exact) mass is 315 g/mol. The van der Waals surface area contributed by atoms with Crippen molar-refractivity contribution in [2.75, 3.05) is 0 Å². The van der Waals surface area contributed by atoms with Crippen molar-refractivity contribution in [2.24, 2.45) is 0 Å². The van der Waals surface area contributed by atoms with Gasteiger partial charge in [0.25, 0.3) is 0 Å². The average Bonchev–Trinajstić information content (AvgIpc) is 2.21. The Bertz CT molecular complexity index is 321. The van der Waals surface area contributed by atoms with Crippen molar-refractivity contribution in [1.82, 2.24) is 0 Å². The third kappa shape index (κ3) is 3.39. The van der Waals surface area contributed by atoms with Gasteiger partial charge in [0.05, 0.1) is 0 Å². The maximum atomic E-state index is 2.21. The molecule has 1 atom stereocenters. The van der Waals surface area contributed by atoms with E-state index in [1.165, 1.54) is 7.14 Å². The quantitative estimate of drug-likeness (QED) is 0.535. The van der Waals surface area contributed by atoms with Gasteiger partial charge >= 0.3 is 89.0 Å². The van der Waals surface area contributed by atoms with Crippen LogP contribution in [0, 0.1) is 7.14 Å². The third-order valence-corrected chi connectivity index (χ3v) is 4.37. The Hall–Kier alpha value is -0.400.